The van der Waals surface area contributed by atoms with Crippen molar-refractivity contribution in [2.24, 2.45) is 0 Å². The van der Waals surface area contributed by atoms with Crippen LogP contribution in [0.5, 0.6) is 0 Å². The maximum absolute atomic E-state index is 2.32. The zero-order valence-corrected chi connectivity index (χ0v) is 9.97. The molecule has 0 aromatic heterocycles. The fraction of sp³-hybridized carbons (Fsp3) is 0.500. The van der Waals surface area contributed by atoms with Crippen LogP contribution in [0, 0.1) is 6.92 Å². The molecule has 0 aliphatic carbocycles. The molecule has 1 heterocycles. The van der Waals surface area contributed by atoms with Gasteiger partial charge in [-0.25, -0.2) is 0 Å². The summed E-state index contributed by atoms with van der Waals surface area (Å²) < 4.78 is 0. The van der Waals surface area contributed by atoms with Crippen molar-refractivity contribution in [3.05, 3.63) is 35.4 Å². The van der Waals surface area contributed by atoms with Gasteiger partial charge in [-0.2, -0.15) is 0 Å². The summed E-state index contributed by atoms with van der Waals surface area (Å²) in [7, 11) is 0. The molecular weight excluding hydrogens is 223 g/mol. The van der Waals surface area contributed by atoms with Gasteiger partial charge in [-0.3, -0.25) is 0 Å². The van der Waals surface area contributed by atoms with Gasteiger partial charge in [0.2, 0.25) is 0 Å². The van der Waals surface area contributed by atoms with E-state index in [2.05, 4.69) is 31.2 Å². The molecule has 1 aromatic carbocycles. The monoisotopic (exact) mass is 241 g/mol. The molecule has 1 aromatic rings. The summed E-state index contributed by atoms with van der Waals surface area (Å²) in [6.45, 7) is 2.16. The third kappa shape index (κ3) is 2.59. The minimum atomic E-state index is -0.194. The molecule has 13 heavy (non-hydrogen) atoms. The Kier molecular flexibility index (Phi) is 3.08. The number of aryl methyl sites for hydroxylation is 1. The van der Waals surface area contributed by atoms with Gasteiger partial charge >= 0.3 is 85.0 Å². The second-order valence-corrected chi connectivity index (χ2v) is 8.75. The standard InChI is InChI=1S/C12H17Se/c1-11-4-6-12(7-5-11)10-13-8-2-3-9-13/h4-7H,2-3,8-10H2,1H3/q+1. The van der Waals surface area contributed by atoms with Crippen LogP contribution in [0.1, 0.15) is 24.0 Å². The van der Waals surface area contributed by atoms with Crippen LogP contribution >= 0.6 is 0 Å². The second kappa shape index (κ2) is 4.30. The maximum atomic E-state index is 2.32. The number of hydrogen-bond donors (Lipinski definition) is 0. The first kappa shape index (κ1) is 9.30. The van der Waals surface area contributed by atoms with Crippen molar-refractivity contribution in [3.8, 4) is 0 Å². The molecule has 0 nitrogen and oxygen atoms in total. The Bertz CT molecular complexity index is 257. The van der Waals surface area contributed by atoms with Crippen molar-refractivity contribution in [2.75, 3.05) is 0 Å². The van der Waals surface area contributed by atoms with Gasteiger partial charge in [-0.15, -0.1) is 0 Å². The zero-order chi connectivity index (χ0) is 9.10. The second-order valence-electron chi connectivity index (χ2n) is 3.86. The van der Waals surface area contributed by atoms with E-state index in [9.17, 15) is 0 Å². The summed E-state index contributed by atoms with van der Waals surface area (Å²) in [5, 5.41) is 4.59. The van der Waals surface area contributed by atoms with Crippen molar-refractivity contribution in [1.82, 2.24) is 0 Å². The molecule has 0 bridgehead atoms. The van der Waals surface area contributed by atoms with Crippen LogP contribution in [0.3, 0.4) is 0 Å². The topological polar surface area (TPSA) is 0 Å². The van der Waals surface area contributed by atoms with E-state index in [1.165, 1.54) is 23.7 Å². The Morgan fingerprint density at radius 1 is 1.08 bits per heavy atom. The summed E-state index contributed by atoms with van der Waals surface area (Å²) in [5.41, 5.74) is 2.97. The summed E-state index contributed by atoms with van der Waals surface area (Å²) >= 11 is -0.194. The Hall–Kier alpha value is -0.261. The molecule has 0 unspecified atom stereocenters. The molecule has 2 rings (SSSR count). The summed E-state index contributed by atoms with van der Waals surface area (Å²) in [6, 6.07) is 9.13. The van der Waals surface area contributed by atoms with E-state index in [0.717, 1.165) is 0 Å². The predicted molar refractivity (Wildman–Crippen MR) is 59.5 cm³/mol. The third-order valence-corrected chi connectivity index (χ3v) is 7.80. The summed E-state index contributed by atoms with van der Waals surface area (Å²) in [5.74, 6) is 0. The first-order chi connectivity index (χ1) is 6.34. The molecule has 0 N–H and O–H groups in total. The van der Waals surface area contributed by atoms with Crippen LogP contribution in [0.25, 0.3) is 0 Å². The number of hydrogen-bond acceptors (Lipinski definition) is 0. The van der Waals surface area contributed by atoms with Crippen LogP contribution in [0.15, 0.2) is 24.3 Å². The van der Waals surface area contributed by atoms with Gasteiger partial charge in [-0.1, -0.05) is 0 Å². The van der Waals surface area contributed by atoms with Gasteiger partial charge in [0.25, 0.3) is 0 Å². The van der Waals surface area contributed by atoms with Gasteiger partial charge in [-0.05, 0) is 0 Å². The van der Waals surface area contributed by atoms with Crippen LogP contribution in [-0.4, -0.2) is 13.9 Å². The third-order valence-electron chi connectivity index (χ3n) is 2.61. The molecule has 0 atom stereocenters. The van der Waals surface area contributed by atoms with E-state index in [-0.39, 0.29) is 13.9 Å². The molecule has 1 saturated heterocycles. The van der Waals surface area contributed by atoms with Crippen LogP contribution in [0.4, 0.5) is 0 Å². The average molecular weight is 240 g/mol. The van der Waals surface area contributed by atoms with Crippen molar-refractivity contribution in [2.45, 2.75) is 35.7 Å². The Labute approximate surface area is 85.2 Å². The molecule has 1 aliphatic rings. The molecule has 1 aliphatic heterocycles. The van der Waals surface area contributed by atoms with Gasteiger partial charge in [0.15, 0.2) is 0 Å². The predicted octanol–water partition coefficient (Wildman–Crippen LogP) is 3.37. The molecular formula is C12H17Se+. The van der Waals surface area contributed by atoms with Crippen molar-refractivity contribution >= 4 is 13.9 Å². The van der Waals surface area contributed by atoms with E-state index in [4.69, 9.17) is 0 Å². The van der Waals surface area contributed by atoms with Crippen LogP contribution in [-0.2, 0) is 5.32 Å². The van der Waals surface area contributed by atoms with Gasteiger partial charge < -0.3 is 0 Å². The van der Waals surface area contributed by atoms with Gasteiger partial charge in [0.1, 0.15) is 0 Å². The molecule has 0 amide bonds. The molecule has 0 spiro atoms. The first-order valence-electron chi connectivity index (χ1n) is 5.04. The van der Waals surface area contributed by atoms with E-state index >= 15 is 0 Å². The fourth-order valence-corrected chi connectivity index (χ4v) is 6.78. The Morgan fingerprint density at radius 3 is 2.31 bits per heavy atom. The molecule has 0 saturated carbocycles. The van der Waals surface area contributed by atoms with E-state index in [1.807, 2.05) is 0 Å². The molecule has 0 radical (unpaired) electrons. The Morgan fingerprint density at radius 2 is 1.69 bits per heavy atom. The van der Waals surface area contributed by atoms with E-state index in [1.54, 1.807) is 16.2 Å². The zero-order valence-electron chi connectivity index (χ0n) is 8.25. The summed E-state index contributed by atoms with van der Waals surface area (Å²) in [4.78, 5) is 0. The average Bonchev–Trinajstić information content (AvgIpc) is 2.62. The molecule has 1 heteroatoms. The molecule has 1 fully saturated rings. The van der Waals surface area contributed by atoms with Gasteiger partial charge in [0.05, 0.1) is 0 Å². The van der Waals surface area contributed by atoms with E-state index < -0.39 is 0 Å². The van der Waals surface area contributed by atoms with Crippen molar-refractivity contribution < 1.29 is 0 Å². The Balaban J connectivity index is 1.97. The summed E-state index contributed by atoms with van der Waals surface area (Å²) in [6.07, 6.45) is 3.02. The normalized spacial score (nSPS) is 17.9. The quantitative estimate of drug-likeness (QED) is 0.695. The van der Waals surface area contributed by atoms with Gasteiger partial charge in [0, 0.05) is 0 Å². The SMILES string of the molecule is Cc1ccc(C[Se+]2CCCC2)cc1. The van der Waals surface area contributed by atoms with Crippen LogP contribution < -0.4 is 0 Å². The first-order valence-corrected chi connectivity index (χ1v) is 8.67. The van der Waals surface area contributed by atoms with Crippen LogP contribution in [0.2, 0.25) is 10.6 Å². The number of benzene rings is 1. The van der Waals surface area contributed by atoms with Crippen molar-refractivity contribution in [3.63, 3.8) is 0 Å². The number of rotatable bonds is 2. The minimum absolute atomic E-state index is 0.194. The van der Waals surface area contributed by atoms with Crippen molar-refractivity contribution in [1.29, 1.82) is 0 Å². The fourth-order valence-electron chi connectivity index (χ4n) is 1.78. The van der Waals surface area contributed by atoms with E-state index in [0.29, 0.717) is 0 Å². The molecule has 70 valence electrons.